The normalized spacial score (nSPS) is 13.8. The number of sulfone groups is 1. The molecule has 2 rings (SSSR count). The van der Waals surface area contributed by atoms with E-state index >= 15 is 0 Å². The molecule has 0 aliphatic rings. The Morgan fingerprint density at radius 1 is 0.957 bits per heavy atom. The van der Waals surface area contributed by atoms with Crippen LogP contribution in [-0.4, -0.2) is 19.0 Å². The zero-order valence-corrected chi connectivity index (χ0v) is 13.2. The Morgan fingerprint density at radius 3 is 1.83 bits per heavy atom. The molecule has 0 saturated carbocycles. The molecule has 1 unspecified atom stereocenters. The minimum absolute atomic E-state index is 0.00520. The van der Waals surface area contributed by atoms with E-state index in [1.165, 1.54) is 24.3 Å². The maximum atomic E-state index is 12.3. The fourth-order valence-corrected chi connectivity index (χ4v) is 2.86. The van der Waals surface area contributed by atoms with Crippen molar-refractivity contribution in [1.29, 1.82) is 0 Å². The number of alkyl halides is 3. The van der Waals surface area contributed by atoms with E-state index < -0.39 is 27.2 Å². The van der Waals surface area contributed by atoms with E-state index in [1.807, 2.05) is 0 Å². The average Bonchev–Trinajstić information content (AvgIpc) is 2.46. The van der Waals surface area contributed by atoms with Crippen LogP contribution >= 0.6 is 11.6 Å². The zero-order valence-electron chi connectivity index (χ0n) is 11.6. The van der Waals surface area contributed by atoms with E-state index in [-0.39, 0.29) is 5.56 Å². The number of aliphatic hydroxyl groups is 1. The highest BCUT2D eigenvalue weighted by Crippen LogP contribution is 2.28. The van der Waals surface area contributed by atoms with Crippen LogP contribution in [0.2, 0.25) is 5.02 Å². The van der Waals surface area contributed by atoms with Gasteiger partial charge in [-0.1, -0.05) is 48.0 Å². The standard InChI is InChI=1S/C15H12ClF3O3S/c16-13-7-5-12(6-8-13)14(20)11-3-1-10(2-4-11)9-23(21,22)15(17,18)19/h1-8,14,20H,9H2. The van der Waals surface area contributed by atoms with Crippen molar-refractivity contribution in [2.24, 2.45) is 0 Å². The Morgan fingerprint density at radius 2 is 1.39 bits per heavy atom. The maximum absolute atomic E-state index is 12.3. The van der Waals surface area contributed by atoms with Crippen molar-refractivity contribution in [2.75, 3.05) is 0 Å². The van der Waals surface area contributed by atoms with E-state index in [4.69, 9.17) is 11.6 Å². The second-order valence-electron chi connectivity index (χ2n) is 4.90. The third-order valence-electron chi connectivity index (χ3n) is 3.19. The number of hydrogen-bond acceptors (Lipinski definition) is 3. The first-order valence-corrected chi connectivity index (χ1v) is 8.44. The predicted octanol–water partition coefficient (Wildman–Crippen LogP) is 3.86. The lowest BCUT2D eigenvalue weighted by atomic mass is 10.0. The maximum Gasteiger partial charge on any atom is 0.497 e. The predicted molar refractivity (Wildman–Crippen MR) is 80.6 cm³/mol. The summed E-state index contributed by atoms with van der Waals surface area (Å²) in [5.74, 6) is -1.13. The highest BCUT2D eigenvalue weighted by Gasteiger charge is 2.45. The van der Waals surface area contributed by atoms with Gasteiger partial charge in [0.05, 0.1) is 5.75 Å². The molecule has 0 aliphatic heterocycles. The Kier molecular flexibility index (Phi) is 5.03. The molecule has 0 amide bonds. The van der Waals surface area contributed by atoms with E-state index in [0.29, 0.717) is 16.1 Å². The lowest BCUT2D eigenvalue weighted by molar-refractivity contribution is -0.0437. The molecular formula is C15H12ClF3O3S. The third-order valence-corrected chi connectivity index (χ3v) is 4.86. The Labute approximate surface area is 136 Å². The van der Waals surface area contributed by atoms with Gasteiger partial charge in [0.2, 0.25) is 0 Å². The number of hydrogen-bond donors (Lipinski definition) is 1. The molecule has 0 fully saturated rings. The van der Waals surface area contributed by atoms with Gasteiger partial charge in [0.15, 0.2) is 0 Å². The van der Waals surface area contributed by atoms with Crippen LogP contribution in [-0.2, 0) is 15.6 Å². The van der Waals surface area contributed by atoms with Gasteiger partial charge < -0.3 is 5.11 Å². The largest absolute Gasteiger partial charge is 0.497 e. The molecule has 0 aliphatic carbocycles. The highest BCUT2D eigenvalue weighted by atomic mass is 35.5. The first kappa shape index (κ1) is 17.8. The van der Waals surface area contributed by atoms with Crippen LogP contribution in [0, 0.1) is 0 Å². The Hall–Kier alpha value is -1.57. The van der Waals surface area contributed by atoms with Crippen molar-refractivity contribution < 1.29 is 26.7 Å². The molecule has 124 valence electrons. The van der Waals surface area contributed by atoms with Crippen molar-refractivity contribution >= 4 is 21.4 Å². The number of halogens is 4. The van der Waals surface area contributed by atoms with Gasteiger partial charge in [0.1, 0.15) is 6.10 Å². The summed E-state index contributed by atoms with van der Waals surface area (Å²) in [7, 11) is -5.22. The quantitative estimate of drug-likeness (QED) is 0.896. The molecule has 0 bridgehead atoms. The van der Waals surface area contributed by atoms with Gasteiger partial charge in [-0.25, -0.2) is 8.42 Å². The van der Waals surface area contributed by atoms with Crippen molar-refractivity contribution in [2.45, 2.75) is 17.4 Å². The summed E-state index contributed by atoms with van der Waals surface area (Å²) in [5.41, 5.74) is -4.30. The topological polar surface area (TPSA) is 54.4 Å². The van der Waals surface area contributed by atoms with Gasteiger partial charge in [-0.2, -0.15) is 13.2 Å². The first-order chi connectivity index (χ1) is 10.6. The summed E-state index contributed by atoms with van der Waals surface area (Å²) < 4.78 is 59.2. The second kappa shape index (κ2) is 6.51. The highest BCUT2D eigenvalue weighted by molar-refractivity contribution is 7.91. The van der Waals surface area contributed by atoms with Gasteiger partial charge in [-0.15, -0.1) is 0 Å². The van der Waals surface area contributed by atoms with Gasteiger partial charge in [-0.05, 0) is 28.8 Å². The van der Waals surface area contributed by atoms with E-state index in [2.05, 4.69) is 0 Å². The fourth-order valence-electron chi connectivity index (χ4n) is 1.93. The molecule has 2 aromatic rings. The summed E-state index contributed by atoms with van der Waals surface area (Å²) in [6.45, 7) is 0. The van der Waals surface area contributed by atoms with E-state index in [0.717, 1.165) is 0 Å². The van der Waals surface area contributed by atoms with Crippen molar-refractivity contribution in [3.8, 4) is 0 Å². The summed E-state index contributed by atoms with van der Waals surface area (Å²) in [5, 5.41) is 10.7. The lowest BCUT2D eigenvalue weighted by Crippen LogP contribution is -2.24. The van der Waals surface area contributed by atoms with Crippen LogP contribution in [0.25, 0.3) is 0 Å². The van der Waals surface area contributed by atoms with Gasteiger partial charge in [0, 0.05) is 5.02 Å². The molecule has 0 heterocycles. The van der Waals surface area contributed by atoms with E-state index in [1.54, 1.807) is 24.3 Å². The number of aliphatic hydroxyl groups excluding tert-OH is 1. The van der Waals surface area contributed by atoms with Crippen LogP contribution in [0.3, 0.4) is 0 Å². The minimum atomic E-state index is -5.28. The Balaban J connectivity index is 2.18. The minimum Gasteiger partial charge on any atom is -0.384 e. The first-order valence-electron chi connectivity index (χ1n) is 6.41. The zero-order chi connectivity index (χ0) is 17.3. The monoisotopic (exact) mass is 364 g/mol. The molecule has 1 N–H and O–H groups in total. The number of rotatable bonds is 4. The molecular weight excluding hydrogens is 353 g/mol. The van der Waals surface area contributed by atoms with Gasteiger partial charge in [0.25, 0.3) is 9.84 Å². The molecule has 0 spiro atoms. The fraction of sp³-hybridized carbons (Fsp3) is 0.200. The molecule has 1 atom stereocenters. The third kappa shape index (κ3) is 4.25. The molecule has 8 heteroatoms. The van der Waals surface area contributed by atoms with Crippen LogP contribution in [0.1, 0.15) is 22.8 Å². The second-order valence-corrected chi connectivity index (χ2v) is 7.32. The average molecular weight is 365 g/mol. The van der Waals surface area contributed by atoms with Crippen molar-refractivity contribution in [1.82, 2.24) is 0 Å². The van der Waals surface area contributed by atoms with Gasteiger partial charge >= 0.3 is 5.51 Å². The lowest BCUT2D eigenvalue weighted by Gasteiger charge is -2.13. The molecule has 0 aromatic heterocycles. The van der Waals surface area contributed by atoms with Crippen LogP contribution in [0.5, 0.6) is 0 Å². The summed E-state index contributed by atoms with van der Waals surface area (Å²) >= 11 is 5.75. The van der Waals surface area contributed by atoms with E-state index in [9.17, 15) is 26.7 Å². The van der Waals surface area contributed by atoms with Crippen LogP contribution in [0.4, 0.5) is 13.2 Å². The molecule has 3 nitrogen and oxygen atoms in total. The smallest absolute Gasteiger partial charge is 0.384 e. The Bertz CT molecular complexity index is 769. The van der Waals surface area contributed by atoms with Crippen molar-refractivity contribution in [3.05, 3.63) is 70.2 Å². The SMILES string of the molecule is O=S(=O)(Cc1ccc(C(O)c2ccc(Cl)cc2)cc1)C(F)(F)F. The van der Waals surface area contributed by atoms with Crippen LogP contribution in [0.15, 0.2) is 48.5 Å². The van der Waals surface area contributed by atoms with Gasteiger partial charge in [-0.3, -0.25) is 0 Å². The molecule has 0 radical (unpaired) electrons. The molecule has 0 saturated heterocycles. The molecule has 2 aromatic carbocycles. The van der Waals surface area contributed by atoms with Crippen LogP contribution < -0.4 is 0 Å². The molecule has 23 heavy (non-hydrogen) atoms. The number of benzene rings is 2. The van der Waals surface area contributed by atoms with Crippen molar-refractivity contribution in [3.63, 3.8) is 0 Å². The summed E-state index contributed by atoms with van der Waals surface area (Å²) in [6, 6.07) is 11.7. The summed E-state index contributed by atoms with van der Waals surface area (Å²) in [6.07, 6.45) is -0.986. The summed E-state index contributed by atoms with van der Waals surface area (Å²) in [4.78, 5) is 0.